The first-order valence-corrected chi connectivity index (χ1v) is 9.79. The Kier molecular flexibility index (Phi) is 6.20. The van der Waals surface area contributed by atoms with Crippen molar-refractivity contribution >= 4 is 29.1 Å². The number of nitrogens with one attached hydrogen (secondary N) is 1. The Labute approximate surface area is 167 Å². The number of carbonyl (C=O) groups excluding carboxylic acids is 2. The summed E-state index contributed by atoms with van der Waals surface area (Å²) in [5.74, 6) is 0.599. The van der Waals surface area contributed by atoms with E-state index in [0.29, 0.717) is 23.0 Å². The van der Waals surface area contributed by atoms with E-state index in [1.165, 1.54) is 18.7 Å². The number of hydrogen-bond acceptors (Lipinski definition) is 6. The van der Waals surface area contributed by atoms with Crippen LogP contribution in [0.1, 0.15) is 31.1 Å². The Bertz CT molecular complexity index is 970. The van der Waals surface area contributed by atoms with Crippen molar-refractivity contribution in [2.45, 2.75) is 37.7 Å². The molecule has 0 unspecified atom stereocenters. The fraction of sp³-hybridized carbons (Fsp3) is 0.250. The fourth-order valence-corrected chi connectivity index (χ4v) is 3.53. The van der Waals surface area contributed by atoms with Gasteiger partial charge in [-0.3, -0.25) is 14.6 Å². The van der Waals surface area contributed by atoms with Crippen molar-refractivity contribution in [1.82, 2.24) is 19.7 Å². The highest BCUT2D eigenvalue weighted by atomic mass is 32.2. The zero-order valence-electron chi connectivity index (χ0n) is 15.9. The van der Waals surface area contributed by atoms with E-state index >= 15 is 0 Å². The predicted molar refractivity (Wildman–Crippen MR) is 109 cm³/mol. The standard InChI is InChI=1S/C20H21N5O2S/c1-4-25-18(16-9-11-21-12-10-16)23-24-20(25)28-14(3)19(27)22-17-7-5-15(6-8-17)13(2)26/h5-12,14H,4H2,1-3H3,(H,22,27)/t14-/m0/s1. The van der Waals surface area contributed by atoms with Crippen LogP contribution in [-0.4, -0.2) is 36.7 Å². The molecule has 28 heavy (non-hydrogen) atoms. The molecule has 2 heterocycles. The summed E-state index contributed by atoms with van der Waals surface area (Å²) in [4.78, 5) is 27.9. The molecule has 7 nitrogen and oxygen atoms in total. The molecule has 0 bridgehead atoms. The average molecular weight is 395 g/mol. The summed E-state index contributed by atoms with van der Waals surface area (Å²) in [5, 5.41) is 11.7. The molecule has 2 aromatic heterocycles. The number of Topliss-reactive ketones (excluding diaryl/α,β-unsaturated/α-hetero) is 1. The highest BCUT2D eigenvalue weighted by Crippen LogP contribution is 2.27. The lowest BCUT2D eigenvalue weighted by Gasteiger charge is -2.13. The van der Waals surface area contributed by atoms with Crippen molar-refractivity contribution in [2.75, 3.05) is 5.32 Å². The van der Waals surface area contributed by atoms with Crippen LogP contribution in [0.2, 0.25) is 0 Å². The molecule has 8 heteroatoms. The molecule has 0 fully saturated rings. The van der Waals surface area contributed by atoms with Crippen LogP contribution in [0, 0.1) is 0 Å². The second kappa shape index (κ2) is 8.79. The first-order chi connectivity index (χ1) is 13.5. The third-order valence-electron chi connectivity index (χ3n) is 4.18. The van der Waals surface area contributed by atoms with Gasteiger partial charge in [-0.1, -0.05) is 11.8 Å². The minimum Gasteiger partial charge on any atom is -0.325 e. The van der Waals surface area contributed by atoms with Crippen LogP contribution in [0.4, 0.5) is 5.69 Å². The Morgan fingerprint density at radius 3 is 2.39 bits per heavy atom. The van der Waals surface area contributed by atoms with Crippen LogP contribution in [0.15, 0.2) is 53.9 Å². The third kappa shape index (κ3) is 4.45. The minimum absolute atomic E-state index is 0.00861. The third-order valence-corrected chi connectivity index (χ3v) is 5.26. The number of anilines is 1. The lowest BCUT2D eigenvalue weighted by molar-refractivity contribution is -0.115. The smallest absolute Gasteiger partial charge is 0.237 e. The molecule has 1 aromatic carbocycles. The van der Waals surface area contributed by atoms with Gasteiger partial charge in [0.25, 0.3) is 0 Å². The summed E-state index contributed by atoms with van der Waals surface area (Å²) in [6.45, 7) is 6.04. The molecule has 144 valence electrons. The fourth-order valence-electron chi connectivity index (χ4n) is 2.62. The summed E-state index contributed by atoms with van der Waals surface area (Å²) in [6.07, 6.45) is 3.43. The summed E-state index contributed by atoms with van der Waals surface area (Å²) in [7, 11) is 0. The number of carbonyl (C=O) groups is 2. The Balaban J connectivity index is 1.70. The molecule has 0 radical (unpaired) electrons. The van der Waals surface area contributed by atoms with Gasteiger partial charge in [0.2, 0.25) is 5.91 Å². The normalized spacial score (nSPS) is 11.8. The molecule has 3 aromatic rings. The monoisotopic (exact) mass is 395 g/mol. The lowest BCUT2D eigenvalue weighted by atomic mass is 10.1. The first-order valence-electron chi connectivity index (χ1n) is 8.91. The average Bonchev–Trinajstić information content (AvgIpc) is 3.11. The number of ketones is 1. The summed E-state index contributed by atoms with van der Waals surface area (Å²) < 4.78 is 1.98. The predicted octanol–water partition coefficient (Wildman–Crippen LogP) is 3.68. The van der Waals surface area contributed by atoms with Crippen molar-refractivity contribution in [2.24, 2.45) is 0 Å². The highest BCUT2D eigenvalue weighted by molar-refractivity contribution is 8.00. The van der Waals surface area contributed by atoms with Gasteiger partial charge in [-0.15, -0.1) is 10.2 Å². The van der Waals surface area contributed by atoms with Crippen molar-refractivity contribution in [3.8, 4) is 11.4 Å². The van der Waals surface area contributed by atoms with Gasteiger partial charge < -0.3 is 9.88 Å². The molecular formula is C20H21N5O2S. The Morgan fingerprint density at radius 2 is 1.79 bits per heavy atom. The zero-order chi connectivity index (χ0) is 20.1. The maximum atomic E-state index is 12.5. The molecule has 1 N–H and O–H groups in total. The number of hydrogen-bond donors (Lipinski definition) is 1. The zero-order valence-corrected chi connectivity index (χ0v) is 16.7. The molecular weight excluding hydrogens is 374 g/mol. The highest BCUT2D eigenvalue weighted by Gasteiger charge is 2.20. The van der Waals surface area contributed by atoms with Gasteiger partial charge in [0, 0.05) is 35.8 Å². The molecule has 3 rings (SSSR count). The van der Waals surface area contributed by atoms with Crippen molar-refractivity contribution in [3.05, 3.63) is 54.4 Å². The van der Waals surface area contributed by atoms with Crippen molar-refractivity contribution in [3.63, 3.8) is 0 Å². The van der Waals surface area contributed by atoms with E-state index in [0.717, 1.165) is 11.4 Å². The number of thioether (sulfide) groups is 1. The van der Waals surface area contributed by atoms with E-state index in [1.54, 1.807) is 36.7 Å². The molecule has 1 atom stereocenters. The number of pyridine rings is 1. The molecule has 0 aliphatic heterocycles. The van der Waals surface area contributed by atoms with E-state index in [2.05, 4.69) is 20.5 Å². The maximum absolute atomic E-state index is 12.5. The number of benzene rings is 1. The summed E-state index contributed by atoms with van der Waals surface area (Å²) in [6, 6.07) is 10.6. The lowest BCUT2D eigenvalue weighted by Crippen LogP contribution is -2.23. The molecule has 0 saturated carbocycles. The van der Waals surface area contributed by atoms with Gasteiger partial charge in [-0.05, 0) is 57.2 Å². The van der Waals surface area contributed by atoms with Crippen LogP contribution in [0.25, 0.3) is 11.4 Å². The van der Waals surface area contributed by atoms with Crippen LogP contribution in [-0.2, 0) is 11.3 Å². The molecule has 0 aliphatic rings. The van der Waals surface area contributed by atoms with Gasteiger partial charge >= 0.3 is 0 Å². The number of rotatable bonds is 7. The molecule has 0 aliphatic carbocycles. The van der Waals surface area contributed by atoms with E-state index in [4.69, 9.17) is 0 Å². The topological polar surface area (TPSA) is 89.8 Å². The van der Waals surface area contributed by atoms with E-state index in [-0.39, 0.29) is 16.9 Å². The second-order valence-corrected chi connectivity index (χ2v) is 7.48. The van der Waals surface area contributed by atoms with Crippen LogP contribution < -0.4 is 5.32 Å². The second-order valence-electron chi connectivity index (χ2n) is 6.17. The number of aromatic nitrogens is 4. The number of amides is 1. The molecule has 0 saturated heterocycles. The van der Waals surface area contributed by atoms with Crippen molar-refractivity contribution < 1.29 is 9.59 Å². The van der Waals surface area contributed by atoms with Gasteiger partial charge in [-0.2, -0.15) is 0 Å². The van der Waals surface area contributed by atoms with Crippen LogP contribution in [0.3, 0.4) is 0 Å². The molecule has 0 spiro atoms. The largest absolute Gasteiger partial charge is 0.325 e. The SMILES string of the molecule is CCn1c(S[C@@H](C)C(=O)Nc2ccc(C(C)=O)cc2)nnc1-c1ccncc1. The van der Waals surface area contributed by atoms with Crippen molar-refractivity contribution in [1.29, 1.82) is 0 Å². The van der Waals surface area contributed by atoms with Gasteiger partial charge in [-0.25, -0.2) is 0 Å². The van der Waals surface area contributed by atoms with E-state index in [1.807, 2.05) is 30.5 Å². The van der Waals surface area contributed by atoms with E-state index < -0.39 is 0 Å². The summed E-state index contributed by atoms with van der Waals surface area (Å²) >= 11 is 1.35. The number of nitrogens with zero attached hydrogens (tertiary/aromatic N) is 4. The van der Waals surface area contributed by atoms with Crippen LogP contribution >= 0.6 is 11.8 Å². The Hall–Kier alpha value is -3.00. The van der Waals surface area contributed by atoms with Gasteiger partial charge in [0.1, 0.15) is 0 Å². The first kappa shape index (κ1) is 19.8. The quantitative estimate of drug-likeness (QED) is 0.485. The van der Waals surface area contributed by atoms with Gasteiger partial charge in [0.15, 0.2) is 16.8 Å². The van der Waals surface area contributed by atoms with Gasteiger partial charge in [0.05, 0.1) is 5.25 Å². The summed E-state index contributed by atoms with van der Waals surface area (Å²) in [5.41, 5.74) is 2.19. The van der Waals surface area contributed by atoms with E-state index in [9.17, 15) is 9.59 Å². The van der Waals surface area contributed by atoms with Crippen LogP contribution in [0.5, 0.6) is 0 Å². The minimum atomic E-state index is -0.368. The Morgan fingerprint density at radius 1 is 1.11 bits per heavy atom. The maximum Gasteiger partial charge on any atom is 0.237 e. The molecule has 1 amide bonds.